The summed E-state index contributed by atoms with van der Waals surface area (Å²) in [6.07, 6.45) is -0.365. The summed E-state index contributed by atoms with van der Waals surface area (Å²) in [5.41, 5.74) is -2.01. The van der Waals surface area contributed by atoms with Crippen LogP contribution < -0.4 is 0 Å². The topological polar surface area (TPSA) is 136 Å². The third-order valence-corrected chi connectivity index (χ3v) is 4.63. The number of non-ortho nitro benzene ring substituents is 1. The van der Waals surface area contributed by atoms with E-state index >= 15 is 0 Å². The molecule has 0 saturated heterocycles. The van der Waals surface area contributed by atoms with Gasteiger partial charge in [0.2, 0.25) is 0 Å². The highest BCUT2D eigenvalue weighted by Crippen LogP contribution is 2.47. The zero-order chi connectivity index (χ0) is 21.1. The Bertz CT molecular complexity index is 814. The number of hydrogen-bond acceptors (Lipinski definition) is 8. The lowest BCUT2D eigenvalue weighted by Crippen LogP contribution is -2.49. The highest BCUT2D eigenvalue weighted by atomic mass is 16.6. The van der Waals surface area contributed by atoms with Gasteiger partial charge in [0.05, 0.1) is 35.2 Å². The fourth-order valence-corrected chi connectivity index (χ4v) is 3.52. The molecule has 0 unspecified atom stereocenters. The van der Waals surface area contributed by atoms with E-state index in [0.717, 1.165) is 0 Å². The lowest BCUT2D eigenvalue weighted by atomic mass is 9.66. The van der Waals surface area contributed by atoms with E-state index in [9.17, 15) is 29.9 Å². The van der Waals surface area contributed by atoms with Crippen LogP contribution in [0.4, 0.5) is 5.69 Å². The Hall–Kier alpha value is -2.94. The maximum atomic E-state index is 12.7. The number of benzene rings is 1. The van der Waals surface area contributed by atoms with Crippen LogP contribution in [0.1, 0.15) is 38.7 Å². The van der Waals surface area contributed by atoms with Crippen LogP contribution in [0.2, 0.25) is 0 Å². The van der Waals surface area contributed by atoms with Gasteiger partial charge >= 0.3 is 11.9 Å². The lowest BCUT2D eigenvalue weighted by molar-refractivity contribution is -0.384. The molecule has 152 valence electrons. The second-order valence-corrected chi connectivity index (χ2v) is 6.67. The minimum absolute atomic E-state index is 0.0255. The van der Waals surface area contributed by atoms with E-state index in [1.165, 1.54) is 31.2 Å². The van der Waals surface area contributed by atoms with Gasteiger partial charge in [0.1, 0.15) is 5.76 Å². The van der Waals surface area contributed by atoms with Gasteiger partial charge in [0, 0.05) is 24.5 Å². The number of nitro benzene ring substituents is 1. The quantitative estimate of drug-likeness (QED) is 0.427. The van der Waals surface area contributed by atoms with Crippen molar-refractivity contribution in [3.8, 4) is 0 Å². The molecule has 1 aliphatic carbocycles. The monoisotopic (exact) mass is 393 g/mol. The van der Waals surface area contributed by atoms with E-state index in [1.54, 1.807) is 13.8 Å². The molecule has 2 N–H and O–H groups in total. The van der Waals surface area contributed by atoms with Crippen molar-refractivity contribution in [3.63, 3.8) is 0 Å². The average Bonchev–Trinajstić information content (AvgIpc) is 2.60. The van der Waals surface area contributed by atoms with E-state index in [-0.39, 0.29) is 36.5 Å². The van der Waals surface area contributed by atoms with Crippen molar-refractivity contribution >= 4 is 17.6 Å². The second-order valence-electron chi connectivity index (χ2n) is 6.67. The number of rotatable bonds is 6. The molecule has 1 aromatic rings. The molecule has 0 saturated carbocycles. The van der Waals surface area contributed by atoms with Gasteiger partial charge in [-0.2, -0.15) is 0 Å². The van der Waals surface area contributed by atoms with Crippen LogP contribution in [0.5, 0.6) is 0 Å². The molecular formula is C19H23NO8. The first kappa shape index (κ1) is 21.4. The maximum Gasteiger partial charge on any atom is 0.338 e. The van der Waals surface area contributed by atoms with Crippen LogP contribution in [-0.4, -0.2) is 45.9 Å². The molecule has 0 heterocycles. The molecule has 9 heteroatoms. The van der Waals surface area contributed by atoms with Gasteiger partial charge in [-0.3, -0.25) is 14.9 Å². The lowest BCUT2D eigenvalue weighted by Gasteiger charge is -2.41. The molecule has 0 radical (unpaired) electrons. The predicted octanol–water partition coefficient (Wildman–Crippen LogP) is 2.39. The highest BCUT2D eigenvalue weighted by Gasteiger charge is 2.52. The standard InChI is InChI=1S/C19H23NO8/c1-4-27-17(22)15-13(21)10-19(3,24)16(18(23)28-5-2)14(15)11-7-6-8-12(9-11)20(25)26/h6-9,14,16,21,24H,4-5,10H2,1-3H3/t14-,16-,19-/m1/s1. The number of esters is 2. The third kappa shape index (κ3) is 4.14. The van der Waals surface area contributed by atoms with Crippen molar-refractivity contribution in [2.75, 3.05) is 13.2 Å². The molecule has 0 amide bonds. The molecule has 3 atom stereocenters. The van der Waals surface area contributed by atoms with Crippen LogP contribution in [-0.2, 0) is 19.1 Å². The molecular weight excluding hydrogens is 370 g/mol. The minimum atomic E-state index is -1.75. The van der Waals surface area contributed by atoms with Crippen LogP contribution in [0, 0.1) is 16.0 Å². The fraction of sp³-hybridized carbons (Fsp3) is 0.474. The zero-order valence-electron chi connectivity index (χ0n) is 15.9. The Balaban J connectivity index is 2.72. The van der Waals surface area contributed by atoms with Crippen molar-refractivity contribution in [3.05, 3.63) is 51.3 Å². The first-order valence-electron chi connectivity index (χ1n) is 8.86. The number of nitro groups is 1. The predicted molar refractivity (Wildman–Crippen MR) is 97.5 cm³/mol. The Labute approximate surface area is 161 Å². The first-order valence-corrected chi connectivity index (χ1v) is 8.86. The number of carbonyl (C=O) groups excluding carboxylic acids is 2. The summed E-state index contributed by atoms with van der Waals surface area (Å²) in [7, 11) is 0. The summed E-state index contributed by atoms with van der Waals surface area (Å²) in [5.74, 6) is -4.52. The number of hydrogen-bond donors (Lipinski definition) is 2. The normalized spacial score (nSPS) is 24.6. The van der Waals surface area contributed by atoms with Gasteiger partial charge in [0.25, 0.3) is 5.69 Å². The number of aliphatic hydroxyl groups is 2. The molecule has 0 aromatic heterocycles. The van der Waals surface area contributed by atoms with E-state index in [4.69, 9.17) is 9.47 Å². The number of nitrogens with zero attached hydrogens (tertiary/aromatic N) is 1. The fourth-order valence-electron chi connectivity index (χ4n) is 3.52. The van der Waals surface area contributed by atoms with Crippen molar-refractivity contribution in [2.45, 2.75) is 38.7 Å². The van der Waals surface area contributed by atoms with E-state index < -0.39 is 40.1 Å². The number of ether oxygens (including phenoxy) is 2. The molecule has 2 rings (SSSR count). The molecule has 0 bridgehead atoms. The number of aliphatic hydroxyl groups excluding tert-OH is 1. The van der Waals surface area contributed by atoms with Gasteiger partial charge in [-0.25, -0.2) is 4.79 Å². The summed E-state index contributed by atoms with van der Waals surface area (Å²) in [4.78, 5) is 35.8. The second kappa shape index (κ2) is 8.39. The molecule has 1 aliphatic rings. The van der Waals surface area contributed by atoms with Crippen LogP contribution in [0.25, 0.3) is 0 Å². The van der Waals surface area contributed by atoms with Gasteiger partial charge in [-0.1, -0.05) is 12.1 Å². The molecule has 28 heavy (non-hydrogen) atoms. The summed E-state index contributed by atoms with van der Waals surface area (Å²) in [6.45, 7) is 4.59. The van der Waals surface area contributed by atoms with Crippen molar-refractivity contribution < 1.29 is 34.2 Å². The summed E-state index contributed by atoms with van der Waals surface area (Å²) >= 11 is 0. The first-order chi connectivity index (χ1) is 13.1. The zero-order valence-corrected chi connectivity index (χ0v) is 15.9. The van der Waals surface area contributed by atoms with E-state index in [2.05, 4.69) is 0 Å². The Morgan fingerprint density at radius 3 is 2.50 bits per heavy atom. The molecule has 9 nitrogen and oxygen atoms in total. The van der Waals surface area contributed by atoms with E-state index in [1.807, 2.05) is 0 Å². The number of carbonyl (C=O) groups is 2. The summed E-state index contributed by atoms with van der Waals surface area (Å²) in [5, 5.41) is 32.5. The molecule has 0 spiro atoms. The molecule has 1 aromatic carbocycles. The SMILES string of the molecule is CCOC(=O)C1=C(O)C[C@@](C)(O)[C@@H](C(=O)OCC)[C@@H]1c1cccc([N+](=O)[O-])c1. The highest BCUT2D eigenvalue weighted by molar-refractivity contribution is 5.93. The Morgan fingerprint density at radius 2 is 1.93 bits per heavy atom. The minimum Gasteiger partial charge on any atom is -0.512 e. The largest absolute Gasteiger partial charge is 0.512 e. The van der Waals surface area contributed by atoms with Crippen molar-refractivity contribution in [2.24, 2.45) is 5.92 Å². The van der Waals surface area contributed by atoms with Gasteiger partial charge in [-0.05, 0) is 26.3 Å². The van der Waals surface area contributed by atoms with Crippen LogP contribution in [0.15, 0.2) is 35.6 Å². The molecule has 0 aliphatic heterocycles. The van der Waals surface area contributed by atoms with Crippen molar-refractivity contribution in [1.29, 1.82) is 0 Å². The Morgan fingerprint density at radius 1 is 1.29 bits per heavy atom. The van der Waals surface area contributed by atoms with Crippen LogP contribution in [0.3, 0.4) is 0 Å². The summed E-state index contributed by atoms with van der Waals surface area (Å²) in [6, 6.07) is 5.35. The third-order valence-electron chi connectivity index (χ3n) is 4.63. The van der Waals surface area contributed by atoms with Gasteiger partial charge < -0.3 is 19.7 Å². The van der Waals surface area contributed by atoms with Gasteiger partial charge in [-0.15, -0.1) is 0 Å². The summed E-state index contributed by atoms with van der Waals surface area (Å²) < 4.78 is 10.1. The molecule has 0 fully saturated rings. The van der Waals surface area contributed by atoms with Crippen molar-refractivity contribution in [1.82, 2.24) is 0 Å². The van der Waals surface area contributed by atoms with Crippen LogP contribution >= 0.6 is 0 Å². The average molecular weight is 393 g/mol. The van der Waals surface area contributed by atoms with Gasteiger partial charge in [0.15, 0.2) is 0 Å². The maximum absolute atomic E-state index is 12.7. The smallest absolute Gasteiger partial charge is 0.338 e. The Kier molecular flexibility index (Phi) is 6.40. The van der Waals surface area contributed by atoms with E-state index in [0.29, 0.717) is 0 Å².